The summed E-state index contributed by atoms with van der Waals surface area (Å²) >= 11 is 0. The fourth-order valence-corrected chi connectivity index (χ4v) is 2.17. The molecule has 0 heterocycles. The predicted octanol–water partition coefficient (Wildman–Crippen LogP) is 1.19. The molecule has 0 bridgehead atoms. The minimum atomic E-state index is 1.12. The third-order valence-electron chi connectivity index (χ3n) is 3.44. The molecule has 0 unspecified atom stereocenters. The Bertz CT molecular complexity index is 185. The zero-order valence-corrected chi connectivity index (χ0v) is 13.9. The first-order valence-electron chi connectivity index (χ1n) is 7.72. The zero-order chi connectivity index (χ0) is 14.5. The average Bonchev–Trinajstić information content (AvgIpc) is 2.34. The lowest BCUT2D eigenvalue weighted by atomic mass is 10.2. The first-order valence-corrected chi connectivity index (χ1v) is 7.72. The maximum Gasteiger partial charge on any atom is -0.000960 e. The van der Waals surface area contributed by atoms with Crippen LogP contribution in [0.5, 0.6) is 0 Å². The molecule has 0 saturated carbocycles. The van der Waals surface area contributed by atoms with Crippen LogP contribution < -0.4 is 5.32 Å². The Morgan fingerprint density at radius 3 is 1.58 bits per heavy atom. The van der Waals surface area contributed by atoms with Gasteiger partial charge in [0.15, 0.2) is 0 Å². The normalized spacial score (nSPS) is 12.0. The van der Waals surface area contributed by atoms with Crippen LogP contribution in [0.3, 0.4) is 0 Å². The van der Waals surface area contributed by atoms with Crippen molar-refractivity contribution in [2.45, 2.75) is 25.7 Å². The molecule has 0 aromatic rings. The molecule has 116 valence electrons. The van der Waals surface area contributed by atoms with Crippen molar-refractivity contribution in [3.63, 3.8) is 0 Å². The fourth-order valence-electron chi connectivity index (χ4n) is 2.17. The number of hydrogen-bond donors (Lipinski definition) is 1. The monoisotopic (exact) mass is 272 g/mol. The van der Waals surface area contributed by atoms with Crippen molar-refractivity contribution in [1.29, 1.82) is 0 Å². The van der Waals surface area contributed by atoms with Crippen LogP contribution in [0.25, 0.3) is 0 Å². The minimum absolute atomic E-state index is 1.12. The molecule has 0 aliphatic rings. The van der Waals surface area contributed by atoms with Crippen molar-refractivity contribution < 1.29 is 0 Å². The Morgan fingerprint density at radius 2 is 1.11 bits per heavy atom. The third-order valence-corrected chi connectivity index (χ3v) is 3.44. The van der Waals surface area contributed by atoms with Crippen LogP contribution in [0.4, 0.5) is 0 Å². The van der Waals surface area contributed by atoms with Gasteiger partial charge in [0.2, 0.25) is 0 Å². The van der Waals surface area contributed by atoms with E-state index < -0.39 is 0 Å². The summed E-state index contributed by atoms with van der Waals surface area (Å²) in [6.07, 6.45) is 5.15. The second-order valence-corrected chi connectivity index (χ2v) is 5.93. The molecule has 0 spiro atoms. The van der Waals surface area contributed by atoms with E-state index in [4.69, 9.17) is 0 Å². The number of nitrogens with one attached hydrogen (secondary N) is 1. The summed E-state index contributed by atoms with van der Waals surface area (Å²) in [6.45, 7) is 7.21. The maximum absolute atomic E-state index is 3.20. The van der Waals surface area contributed by atoms with Gasteiger partial charge < -0.3 is 20.0 Å². The molecule has 0 amide bonds. The Morgan fingerprint density at radius 1 is 0.632 bits per heavy atom. The first-order chi connectivity index (χ1) is 9.06. The maximum atomic E-state index is 3.20. The summed E-state index contributed by atoms with van der Waals surface area (Å²) in [7, 11) is 10.8. The van der Waals surface area contributed by atoms with Crippen molar-refractivity contribution in [2.75, 3.05) is 74.5 Å². The summed E-state index contributed by atoms with van der Waals surface area (Å²) in [6, 6.07) is 0. The van der Waals surface area contributed by atoms with Gasteiger partial charge in [-0.05, 0) is 100 Å². The molecule has 0 radical (unpaired) electrons. The molecule has 0 rings (SSSR count). The van der Waals surface area contributed by atoms with Gasteiger partial charge in [-0.3, -0.25) is 0 Å². The third kappa shape index (κ3) is 14.1. The van der Waals surface area contributed by atoms with E-state index in [-0.39, 0.29) is 0 Å². The van der Waals surface area contributed by atoms with Crippen LogP contribution in [0.2, 0.25) is 0 Å². The van der Waals surface area contributed by atoms with Crippen LogP contribution in [0.15, 0.2) is 0 Å². The van der Waals surface area contributed by atoms with Gasteiger partial charge in [-0.1, -0.05) is 0 Å². The van der Waals surface area contributed by atoms with E-state index in [1.807, 2.05) is 7.05 Å². The molecule has 0 saturated heterocycles. The van der Waals surface area contributed by atoms with E-state index in [0.717, 1.165) is 6.54 Å². The van der Waals surface area contributed by atoms with E-state index in [1.165, 1.54) is 58.4 Å². The van der Waals surface area contributed by atoms with Crippen LogP contribution in [-0.4, -0.2) is 89.2 Å². The van der Waals surface area contributed by atoms with E-state index in [2.05, 4.69) is 48.2 Å². The number of unbranched alkanes of at least 4 members (excludes halogenated alkanes) is 1. The van der Waals surface area contributed by atoms with Crippen LogP contribution in [0.1, 0.15) is 25.7 Å². The Kier molecular flexibility index (Phi) is 12.7. The molecule has 4 heteroatoms. The van der Waals surface area contributed by atoms with Gasteiger partial charge in [-0.2, -0.15) is 0 Å². The van der Waals surface area contributed by atoms with E-state index >= 15 is 0 Å². The van der Waals surface area contributed by atoms with Crippen LogP contribution in [-0.2, 0) is 0 Å². The van der Waals surface area contributed by atoms with Crippen molar-refractivity contribution in [2.24, 2.45) is 0 Å². The lowest BCUT2D eigenvalue weighted by Crippen LogP contribution is -2.26. The number of nitrogens with zero attached hydrogens (tertiary/aromatic N) is 3. The van der Waals surface area contributed by atoms with Gasteiger partial charge >= 0.3 is 0 Å². The van der Waals surface area contributed by atoms with Gasteiger partial charge in [0.05, 0.1) is 0 Å². The zero-order valence-electron chi connectivity index (χ0n) is 13.9. The van der Waals surface area contributed by atoms with Crippen molar-refractivity contribution in [1.82, 2.24) is 20.0 Å². The summed E-state index contributed by atoms with van der Waals surface area (Å²) in [4.78, 5) is 7.17. The standard InChI is InChI=1S/C15H36N4/c1-16-10-8-14-18(4)12-6-7-13-19(5)15-9-11-17(2)3/h16H,6-15H2,1-5H3. The molecular formula is C15H36N4. The summed E-state index contributed by atoms with van der Waals surface area (Å²) < 4.78 is 0. The van der Waals surface area contributed by atoms with Gasteiger partial charge in [0.25, 0.3) is 0 Å². The molecule has 0 aliphatic heterocycles. The lowest BCUT2D eigenvalue weighted by Gasteiger charge is -2.19. The highest BCUT2D eigenvalue weighted by molar-refractivity contribution is 4.57. The van der Waals surface area contributed by atoms with Gasteiger partial charge in [0.1, 0.15) is 0 Å². The van der Waals surface area contributed by atoms with Gasteiger partial charge in [-0.15, -0.1) is 0 Å². The average molecular weight is 272 g/mol. The molecule has 4 nitrogen and oxygen atoms in total. The molecule has 0 aromatic heterocycles. The van der Waals surface area contributed by atoms with E-state index in [1.54, 1.807) is 0 Å². The lowest BCUT2D eigenvalue weighted by molar-refractivity contribution is 0.278. The van der Waals surface area contributed by atoms with Crippen molar-refractivity contribution in [3.8, 4) is 0 Å². The Balaban J connectivity index is 3.32. The molecule has 19 heavy (non-hydrogen) atoms. The van der Waals surface area contributed by atoms with Crippen molar-refractivity contribution >= 4 is 0 Å². The predicted molar refractivity (Wildman–Crippen MR) is 85.9 cm³/mol. The molecule has 0 aliphatic carbocycles. The summed E-state index contributed by atoms with van der Waals surface area (Å²) in [5, 5.41) is 3.20. The van der Waals surface area contributed by atoms with Crippen LogP contribution >= 0.6 is 0 Å². The van der Waals surface area contributed by atoms with Gasteiger partial charge in [0, 0.05) is 0 Å². The van der Waals surface area contributed by atoms with E-state index in [9.17, 15) is 0 Å². The molecule has 0 aromatic carbocycles. The van der Waals surface area contributed by atoms with Gasteiger partial charge in [-0.25, -0.2) is 0 Å². The second kappa shape index (κ2) is 12.9. The topological polar surface area (TPSA) is 21.8 Å². The number of hydrogen-bond acceptors (Lipinski definition) is 4. The molecule has 0 fully saturated rings. The number of rotatable bonds is 13. The molecule has 0 atom stereocenters. The first kappa shape index (κ1) is 18.8. The second-order valence-electron chi connectivity index (χ2n) is 5.93. The summed E-state index contributed by atoms with van der Waals surface area (Å²) in [5.74, 6) is 0. The minimum Gasteiger partial charge on any atom is -0.320 e. The Labute approximate surface area is 121 Å². The van der Waals surface area contributed by atoms with Crippen LogP contribution in [0, 0.1) is 0 Å². The highest BCUT2D eigenvalue weighted by Gasteiger charge is 2.01. The SMILES string of the molecule is CNCCCN(C)CCCCN(C)CCCN(C)C. The summed E-state index contributed by atoms with van der Waals surface area (Å²) in [5.41, 5.74) is 0. The highest BCUT2D eigenvalue weighted by Crippen LogP contribution is 1.97. The molecule has 1 N–H and O–H groups in total. The molecular weight excluding hydrogens is 236 g/mol. The largest absolute Gasteiger partial charge is 0.320 e. The Hall–Kier alpha value is -0.160. The van der Waals surface area contributed by atoms with Crippen molar-refractivity contribution in [3.05, 3.63) is 0 Å². The highest BCUT2D eigenvalue weighted by atomic mass is 15.1. The van der Waals surface area contributed by atoms with E-state index in [0.29, 0.717) is 0 Å². The fraction of sp³-hybridized carbons (Fsp3) is 1.00. The quantitative estimate of drug-likeness (QED) is 0.508. The smallest absolute Gasteiger partial charge is 0.000960 e.